The van der Waals surface area contributed by atoms with Crippen LogP contribution >= 0.6 is 0 Å². The van der Waals surface area contributed by atoms with E-state index in [2.05, 4.69) is 0 Å². The van der Waals surface area contributed by atoms with Gasteiger partial charge in [0.15, 0.2) is 0 Å². The molecule has 3 heteroatoms. The largest absolute Gasteiger partial charge is 0.478 e. The van der Waals surface area contributed by atoms with Gasteiger partial charge in [0.25, 0.3) is 0 Å². The summed E-state index contributed by atoms with van der Waals surface area (Å²) in [5.74, 6) is -1.04. The lowest BCUT2D eigenvalue weighted by atomic mass is 10.0. The second-order valence-electron chi connectivity index (χ2n) is 3.96. The van der Waals surface area contributed by atoms with Crippen molar-refractivity contribution in [1.82, 2.24) is 0 Å². The molecule has 0 amide bonds. The van der Waals surface area contributed by atoms with Gasteiger partial charge >= 0.3 is 5.97 Å². The standard InChI is InChI=1S/C16H11NO2/c17-11-13-7-9-14(15(10-13)16(18)19)8-6-12-4-2-1-3-5-12/h1-10H,(H,18,19). The monoisotopic (exact) mass is 249 g/mol. The predicted octanol–water partition coefficient (Wildman–Crippen LogP) is 3.43. The van der Waals surface area contributed by atoms with Crippen molar-refractivity contribution >= 4 is 18.1 Å². The first-order valence-electron chi connectivity index (χ1n) is 5.71. The summed E-state index contributed by atoms with van der Waals surface area (Å²) in [6.07, 6.45) is 3.58. The number of hydrogen-bond acceptors (Lipinski definition) is 2. The van der Waals surface area contributed by atoms with Crippen LogP contribution in [-0.2, 0) is 0 Å². The maximum Gasteiger partial charge on any atom is 0.336 e. The zero-order chi connectivity index (χ0) is 13.7. The predicted molar refractivity (Wildman–Crippen MR) is 73.5 cm³/mol. The molecule has 0 bridgehead atoms. The third kappa shape index (κ3) is 3.08. The third-order valence-corrected chi connectivity index (χ3v) is 2.67. The molecule has 0 heterocycles. The van der Waals surface area contributed by atoms with Gasteiger partial charge in [-0.1, -0.05) is 48.6 Å². The van der Waals surface area contributed by atoms with Gasteiger partial charge in [-0.3, -0.25) is 0 Å². The lowest BCUT2D eigenvalue weighted by Crippen LogP contribution is -2.00. The SMILES string of the molecule is N#Cc1ccc(C=Cc2ccccc2)c(C(=O)O)c1. The molecular weight excluding hydrogens is 238 g/mol. The van der Waals surface area contributed by atoms with Crippen LogP contribution in [0.2, 0.25) is 0 Å². The summed E-state index contributed by atoms with van der Waals surface area (Å²) in [5.41, 5.74) is 2.04. The van der Waals surface area contributed by atoms with E-state index < -0.39 is 5.97 Å². The minimum absolute atomic E-state index is 0.131. The normalized spacial score (nSPS) is 10.3. The van der Waals surface area contributed by atoms with Gasteiger partial charge in [-0.05, 0) is 23.3 Å². The van der Waals surface area contributed by atoms with E-state index >= 15 is 0 Å². The molecule has 0 saturated heterocycles. The van der Waals surface area contributed by atoms with E-state index in [1.165, 1.54) is 6.07 Å². The van der Waals surface area contributed by atoms with Gasteiger partial charge in [0.1, 0.15) is 0 Å². The maximum atomic E-state index is 11.2. The van der Waals surface area contributed by atoms with Crippen LogP contribution in [0.5, 0.6) is 0 Å². The zero-order valence-corrected chi connectivity index (χ0v) is 10.1. The molecule has 3 nitrogen and oxygen atoms in total. The Bertz CT molecular complexity index is 667. The summed E-state index contributed by atoms with van der Waals surface area (Å²) in [4.78, 5) is 11.2. The highest BCUT2D eigenvalue weighted by molar-refractivity contribution is 5.94. The summed E-state index contributed by atoms with van der Waals surface area (Å²) in [5, 5.41) is 17.9. The van der Waals surface area contributed by atoms with Crippen molar-refractivity contribution in [2.45, 2.75) is 0 Å². The lowest BCUT2D eigenvalue weighted by molar-refractivity contribution is 0.0696. The smallest absolute Gasteiger partial charge is 0.336 e. The van der Waals surface area contributed by atoms with Crippen molar-refractivity contribution in [1.29, 1.82) is 5.26 Å². The van der Waals surface area contributed by atoms with Gasteiger partial charge in [0.05, 0.1) is 17.2 Å². The molecule has 92 valence electrons. The zero-order valence-electron chi connectivity index (χ0n) is 10.1. The molecule has 0 spiro atoms. The average molecular weight is 249 g/mol. The molecule has 0 aliphatic heterocycles. The topological polar surface area (TPSA) is 61.1 Å². The molecule has 0 radical (unpaired) electrons. The average Bonchev–Trinajstić information content (AvgIpc) is 2.46. The second kappa shape index (κ2) is 5.65. The number of carboxylic acids is 1. The summed E-state index contributed by atoms with van der Waals surface area (Å²) >= 11 is 0. The van der Waals surface area contributed by atoms with Gasteiger partial charge in [-0.15, -0.1) is 0 Å². The van der Waals surface area contributed by atoms with Crippen molar-refractivity contribution in [3.8, 4) is 6.07 Å². The molecule has 0 fully saturated rings. The second-order valence-corrected chi connectivity index (χ2v) is 3.96. The van der Waals surface area contributed by atoms with E-state index in [-0.39, 0.29) is 5.56 Å². The Morgan fingerprint density at radius 2 is 1.84 bits per heavy atom. The molecule has 0 saturated carbocycles. The van der Waals surface area contributed by atoms with E-state index in [9.17, 15) is 4.79 Å². The first-order chi connectivity index (χ1) is 9.20. The van der Waals surface area contributed by atoms with E-state index in [4.69, 9.17) is 10.4 Å². The number of nitrogens with zero attached hydrogens (tertiary/aromatic N) is 1. The fourth-order valence-corrected chi connectivity index (χ4v) is 1.71. The highest BCUT2D eigenvalue weighted by Gasteiger charge is 2.08. The summed E-state index contributed by atoms with van der Waals surface area (Å²) in [6, 6.07) is 16.2. The highest BCUT2D eigenvalue weighted by atomic mass is 16.4. The van der Waals surface area contributed by atoms with Crippen molar-refractivity contribution in [2.24, 2.45) is 0 Å². The molecule has 0 atom stereocenters. The van der Waals surface area contributed by atoms with Crippen molar-refractivity contribution < 1.29 is 9.90 Å². The van der Waals surface area contributed by atoms with Gasteiger partial charge in [-0.2, -0.15) is 5.26 Å². The van der Waals surface area contributed by atoms with Crippen LogP contribution in [-0.4, -0.2) is 11.1 Å². The number of nitriles is 1. The Balaban J connectivity index is 2.38. The fraction of sp³-hybridized carbons (Fsp3) is 0. The van der Waals surface area contributed by atoms with Gasteiger partial charge in [0.2, 0.25) is 0 Å². The van der Waals surface area contributed by atoms with Crippen LogP contribution < -0.4 is 0 Å². The van der Waals surface area contributed by atoms with Crippen LogP contribution in [0.1, 0.15) is 27.0 Å². The Kier molecular flexibility index (Phi) is 3.75. The summed E-state index contributed by atoms with van der Waals surface area (Å²) in [6.45, 7) is 0. The number of rotatable bonds is 3. The first kappa shape index (κ1) is 12.6. The van der Waals surface area contributed by atoms with Crippen molar-refractivity contribution in [3.63, 3.8) is 0 Å². The third-order valence-electron chi connectivity index (χ3n) is 2.67. The Hall–Kier alpha value is -2.86. The number of aromatic carboxylic acids is 1. The van der Waals surface area contributed by atoms with E-state index in [0.29, 0.717) is 11.1 Å². The first-order valence-corrected chi connectivity index (χ1v) is 5.71. The molecule has 1 N–H and O–H groups in total. The van der Waals surface area contributed by atoms with Crippen molar-refractivity contribution in [3.05, 3.63) is 70.8 Å². The van der Waals surface area contributed by atoms with E-state index in [0.717, 1.165) is 5.56 Å². The molecule has 2 aromatic carbocycles. The molecular formula is C16H11NO2. The maximum absolute atomic E-state index is 11.2. The Morgan fingerprint density at radius 3 is 2.47 bits per heavy atom. The number of benzene rings is 2. The molecule has 0 aromatic heterocycles. The minimum atomic E-state index is -1.04. The number of carboxylic acid groups (broad SMARTS) is 1. The minimum Gasteiger partial charge on any atom is -0.478 e. The molecule has 19 heavy (non-hydrogen) atoms. The Labute approximate surface area is 111 Å². The molecule has 2 aromatic rings. The van der Waals surface area contributed by atoms with Crippen LogP contribution in [0.4, 0.5) is 0 Å². The summed E-state index contributed by atoms with van der Waals surface area (Å²) in [7, 11) is 0. The lowest BCUT2D eigenvalue weighted by Gasteiger charge is -2.01. The number of carbonyl (C=O) groups is 1. The molecule has 0 unspecified atom stereocenters. The van der Waals surface area contributed by atoms with Crippen molar-refractivity contribution in [2.75, 3.05) is 0 Å². The van der Waals surface area contributed by atoms with Crippen LogP contribution in [0.25, 0.3) is 12.2 Å². The molecule has 2 rings (SSSR count). The van der Waals surface area contributed by atoms with Crippen LogP contribution in [0.15, 0.2) is 48.5 Å². The van der Waals surface area contributed by atoms with Crippen LogP contribution in [0, 0.1) is 11.3 Å². The fourth-order valence-electron chi connectivity index (χ4n) is 1.71. The summed E-state index contributed by atoms with van der Waals surface area (Å²) < 4.78 is 0. The van der Waals surface area contributed by atoms with Gasteiger partial charge in [0, 0.05) is 0 Å². The van der Waals surface area contributed by atoms with Gasteiger partial charge in [-0.25, -0.2) is 4.79 Å². The number of hydrogen-bond donors (Lipinski definition) is 1. The molecule has 0 aliphatic carbocycles. The van der Waals surface area contributed by atoms with E-state index in [1.807, 2.05) is 42.5 Å². The highest BCUT2D eigenvalue weighted by Crippen LogP contribution is 2.15. The molecule has 0 aliphatic rings. The van der Waals surface area contributed by atoms with E-state index in [1.54, 1.807) is 18.2 Å². The van der Waals surface area contributed by atoms with Crippen LogP contribution in [0.3, 0.4) is 0 Å². The quantitative estimate of drug-likeness (QED) is 0.848. The van der Waals surface area contributed by atoms with Gasteiger partial charge < -0.3 is 5.11 Å². The Morgan fingerprint density at radius 1 is 1.11 bits per heavy atom.